The summed E-state index contributed by atoms with van der Waals surface area (Å²) < 4.78 is 5.40. The fourth-order valence-corrected chi connectivity index (χ4v) is 1.72. The minimum absolute atomic E-state index is 0.261. The number of nitrogens with one attached hydrogen (secondary N) is 1. The zero-order chi connectivity index (χ0) is 9.97. The first-order valence-corrected chi connectivity index (χ1v) is 4.81. The molecule has 0 unspecified atom stereocenters. The van der Waals surface area contributed by atoms with Gasteiger partial charge in [-0.1, -0.05) is 6.07 Å². The number of anilines is 1. The van der Waals surface area contributed by atoms with Crippen LogP contribution in [0.1, 0.15) is 17.3 Å². The number of hydrogen-bond donors (Lipinski definition) is 2. The molecule has 1 saturated heterocycles. The van der Waals surface area contributed by atoms with Gasteiger partial charge in [-0.05, 0) is 18.6 Å². The minimum Gasteiger partial charge on any atom is -0.384 e. The minimum atomic E-state index is 0.261. The Morgan fingerprint density at radius 3 is 3.07 bits per heavy atom. The van der Waals surface area contributed by atoms with E-state index in [9.17, 15) is 0 Å². The maximum Gasteiger partial charge on any atom is 0.123 e. The van der Waals surface area contributed by atoms with Gasteiger partial charge in [0, 0.05) is 12.2 Å². The molecule has 1 aromatic rings. The maximum absolute atomic E-state index is 5.59. The molecule has 14 heavy (non-hydrogen) atoms. The highest BCUT2D eigenvalue weighted by atomic mass is 16.5. The fraction of sp³-hybridized carbons (Fsp3) is 0.500. The SMILES string of the molecule is Cc1nc(N)ccc1[C@H]1COCCN1. The molecular formula is C10H15N3O. The normalized spacial score (nSPS) is 22.2. The van der Waals surface area contributed by atoms with E-state index in [1.165, 1.54) is 5.56 Å². The molecule has 0 amide bonds. The Morgan fingerprint density at radius 1 is 1.57 bits per heavy atom. The van der Waals surface area contributed by atoms with Crippen LogP contribution in [0.15, 0.2) is 12.1 Å². The lowest BCUT2D eigenvalue weighted by Gasteiger charge is -2.25. The first kappa shape index (κ1) is 9.43. The Morgan fingerprint density at radius 2 is 2.43 bits per heavy atom. The van der Waals surface area contributed by atoms with Crippen molar-refractivity contribution in [2.75, 3.05) is 25.5 Å². The second-order valence-electron chi connectivity index (χ2n) is 3.49. The third-order valence-corrected chi connectivity index (χ3v) is 2.45. The molecule has 0 saturated carbocycles. The summed E-state index contributed by atoms with van der Waals surface area (Å²) in [4.78, 5) is 4.23. The summed E-state index contributed by atoms with van der Waals surface area (Å²) in [6, 6.07) is 4.11. The summed E-state index contributed by atoms with van der Waals surface area (Å²) in [5.74, 6) is 0.572. The molecule has 0 radical (unpaired) electrons. The zero-order valence-corrected chi connectivity index (χ0v) is 8.29. The van der Waals surface area contributed by atoms with E-state index >= 15 is 0 Å². The molecule has 1 aliphatic heterocycles. The molecule has 0 bridgehead atoms. The summed E-state index contributed by atoms with van der Waals surface area (Å²) in [6.45, 7) is 4.38. The quantitative estimate of drug-likeness (QED) is 0.687. The number of pyridine rings is 1. The number of ether oxygens (including phenoxy) is 1. The lowest BCUT2D eigenvalue weighted by Crippen LogP contribution is -2.35. The molecule has 0 aliphatic carbocycles. The summed E-state index contributed by atoms with van der Waals surface area (Å²) in [6.07, 6.45) is 0. The van der Waals surface area contributed by atoms with Crippen LogP contribution in [-0.2, 0) is 4.74 Å². The lowest BCUT2D eigenvalue weighted by molar-refractivity contribution is 0.0766. The Balaban J connectivity index is 2.22. The third kappa shape index (κ3) is 1.86. The Kier molecular flexibility index (Phi) is 2.65. The van der Waals surface area contributed by atoms with E-state index in [0.29, 0.717) is 12.4 Å². The number of hydrogen-bond acceptors (Lipinski definition) is 4. The van der Waals surface area contributed by atoms with Crippen LogP contribution in [0.2, 0.25) is 0 Å². The van der Waals surface area contributed by atoms with Gasteiger partial charge in [-0.25, -0.2) is 4.98 Å². The number of aromatic nitrogens is 1. The average molecular weight is 193 g/mol. The maximum atomic E-state index is 5.59. The van der Waals surface area contributed by atoms with Crippen molar-refractivity contribution in [3.05, 3.63) is 23.4 Å². The van der Waals surface area contributed by atoms with Crippen LogP contribution in [0.4, 0.5) is 5.82 Å². The van der Waals surface area contributed by atoms with E-state index in [1.54, 1.807) is 0 Å². The van der Waals surface area contributed by atoms with E-state index < -0.39 is 0 Å². The number of morpholine rings is 1. The van der Waals surface area contributed by atoms with E-state index in [1.807, 2.05) is 19.1 Å². The number of nitrogen functional groups attached to an aromatic ring is 1. The monoisotopic (exact) mass is 193 g/mol. The van der Waals surface area contributed by atoms with Gasteiger partial charge in [0.1, 0.15) is 5.82 Å². The van der Waals surface area contributed by atoms with E-state index in [2.05, 4.69) is 10.3 Å². The van der Waals surface area contributed by atoms with Crippen molar-refractivity contribution in [2.45, 2.75) is 13.0 Å². The highest BCUT2D eigenvalue weighted by Crippen LogP contribution is 2.19. The van der Waals surface area contributed by atoms with Gasteiger partial charge in [0.2, 0.25) is 0 Å². The van der Waals surface area contributed by atoms with Gasteiger partial charge < -0.3 is 15.8 Å². The van der Waals surface area contributed by atoms with Gasteiger partial charge in [-0.15, -0.1) is 0 Å². The van der Waals surface area contributed by atoms with Crippen molar-refractivity contribution in [2.24, 2.45) is 0 Å². The van der Waals surface area contributed by atoms with Gasteiger partial charge in [-0.3, -0.25) is 0 Å². The Bertz CT molecular complexity index is 321. The first-order valence-electron chi connectivity index (χ1n) is 4.81. The second kappa shape index (κ2) is 3.94. The molecule has 2 rings (SSSR count). The van der Waals surface area contributed by atoms with Gasteiger partial charge in [0.25, 0.3) is 0 Å². The number of rotatable bonds is 1. The van der Waals surface area contributed by atoms with Gasteiger partial charge in [0.05, 0.1) is 19.3 Å². The Hall–Kier alpha value is -1.13. The Labute approximate surface area is 83.5 Å². The fourth-order valence-electron chi connectivity index (χ4n) is 1.72. The van der Waals surface area contributed by atoms with E-state index in [0.717, 1.165) is 18.8 Å². The van der Waals surface area contributed by atoms with Crippen LogP contribution in [0.25, 0.3) is 0 Å². The highest BCUT2D eigenvalue weighted by Gasteiger charge is 2.17. The topological polar surface area (TPSA) is 60.2 Å². The van der Waals surface area contributed by atoms with Crippen LogP contribution in [0.5, 0.6) is 0 Å². The molecular weight excluding hydrogens is 178 g/mol. The van der Waals surface area contributed by atoms with Gasteiger partial charge in [-0.2, -0.15) is 0 Å². The standard InChI is InChI=1S/C10H15N3O/c1-7-8(2-3-10(11)13-7)9-6-14-5-4-12-9/h2-3,9,12H,4-6H2,1H3,(H2,11,13)/t9-/m1/s1. The van der Waals surface area contributed by atoms with Crippen LogP contribution in [0, 0.1) is 6.92 Å². The molecule has 2 heterocycles. The molecule has 1 aliphatic rings. The van der Waals surface area contributed by atoms with Crippen LogP contribution in [0.3, 0.4) is 0 Å². The van der Waals surface area contributed by atoms with Crippen molar-refractivity contribution < 1.29 is 4.74 Å². The van der Waals surface area contributed by atoms with Crippen molar-refractivity contribution in [1.82, 2.24) is 10.3 Å². The number of aryl methyl sites for hydroxylation is 1. The van der Waals surface area contributed by atoms with Crippen LogP contribution < -0.4 is 11.1 Å². The molecule has 1 fully saturated rings. The molecule has 4 nitrogen and oxygen atoms in total. The molecule has 0 spiro atoms. The van der Waals surface area contributed by atoms with Crippen LogP contribution in [-0.4, -0.2) is 24.7 Å². The summed E-state index contributed by atoms with van der Waals surface area (Å²) in [5.41, 5.74) is 7.75. The molecule has 0 aromatic carbocycles. The molecule has 3 N–H and O–H groups in total. The van der Waals surface area contributed by atoms with Gasteiger partial charge in [0.15, 0.2) is 0 Å². The number of nitrogens with zero attached hydrogens (tertiary/aromatic N) is 1. The largest absolute Gasteiger partial charge is 0.384 e. The zero-order valence-electron chi connectivity index (χ0n) is 8.29. The average Bonchev–Trinajstić information content (AvgIpc) is 2.19. The summed E-state index contributed by atoms with van der Waals surface area (Å²) >= 11 is 0. The molecule has 4 heteroatoms. The summed E-state index contributed by atoms with van der Waals surface area (Å²) in [7, 11) is 0. The van der Waals surface area contributed by atoms with E-state index in [4.69, 9.17) is 10.5 Å². The molecule has 1 atom stereocenters. The molecule has 1 aromatic heterocycles. The van der Waals surface area contributed by atoms with Gasteiger partial charge >= 0.3 is 0 Å². The van der Waals surface area contributed by atoms with E-state index in [-0.39, 0.29) is 6.04 Å². The third-order valence-electron chi connectivity index (χ3n) is 2.45. The van der Waals surface area contributed by atoms with Crippen molar-refractivity contribution in [3.8, 4) is 0 Å². The second-order valence-corrected chi connectivity index (χ2v) is 3.49. The predicted molar refractivity (Wildman–Crippen MR) is 54.9 cm³/mol. The smallest absolute Gasteiger partial charge is 0.123 e. The number of nitrogens with two attached hydrogens (primary N) is 1. The summed E-state index contributed by atoms with van der Waals surface area (Å²) in [5, 5.41) is 3.39. The molecule has 76 valence electrons. The lowest BCUT2D eigenvalue weighted by atomic mass is 10.1. The predicted octanol–water partition coefficient (Wildman–Crippen LogP) is 0.633. The van der Waals surface area contributed by atoms with Crippen molar-refractivity contribution >= 4 is 5.82 Å². The van der Waals surface area contributed by atoms with Crippen LogP contribution >= 0.6 is 0 Å². The first-order chi connectivity index (χ1) is 6.77. The van der Waals surface area contributed by atoms with Crippen molar-refractivity contribution in [3.63, 3.8) is 0 Å². The van der Waals surface area contributed by atoms with Crippen molar-refractivity contribution in [1.29, 1.82) is 0 Å². The highest BCUT2D eigenvalue weighted by molar-refractivity contribution is 5.35.